The van der Waals surface area contributed by atoms with Gasteiger partial charge in [-0.1, -0.05) is 19.1 Å². The lowest BCUT2D eigenvalue weighted by molar-refractivity contribution is 0.120. The molecule has 0 saturated heterocycles. The maximum atomic E-state index is 9.11. The van der Waals surface area contributed by atoms with Gasteiger partial charge in [0, 0.05) is 0 Å². The predicted molar refractivity (Wildman–Crippen MR) is 59.4 cm³/mol. The zero-order valence-corrected chi connectivity index (χ0v) is 9.27. The number of benzene rings is 1. The van der Waals surface area contributed by atoms with Gasteiger partial charge in [-0.15, -0.1) is 0 Å². The summed E-state index contributed by atoms with van der Waals surface area (Å²) in [7, 11) is 0. The number of hydrogen-bond acceptors (Lipinski definition) is 3. The summed E-state index contributed by atoms with van der Waals surface area (Å²) in [5.74, 6) is 1.42. The number of aliphatic hydroxyl groups is 1. The van der Waals surface area contributed by atoms with Crippen LogP contribution in [0.3, 0.4) is 0 Å². The lowest BCUT2D eigenvalue weighted by atomic mass is 10.3. The standard InChI is InChI=1S/C12H18O3/c1-3-8-14-11-6-4-5-7-12(11)15-9-10(2)13/h4-7,10,13H,3,8-9H2,1-2H3/t10-/m0/s1. The molecule has 0 radical (unpaired) electrons. The molecular weight excluding hydrogens is 192 g/mol. The average Bonchev–Trinajstić information content (AvgIpc) is 2.24. The van der Waals surface area contributed by atoms with Crippen LogP contribution >= 0.6 is 0 Å². The SMILES string of the molecule is CCCOc1ccccc1OC[C@H](C)O. The minimum Gasteiger partial charge on any atom is -0.490 e. The van der Waals surface area contributed by atoms with Gasteiger partial charge in [0.05, 0.1) is 12.7 Å². The summed E-state index contributed by atoms with van der Waals surface area (Å²) in [6, 6.07) is 7.50. The summed E-state index contributed by atoms with van der Waals surface area (Å²) < 4.78 is 10.9. The Morgan fingerprint density at radius 3 is 2.33 bits per heavy atom. The number of para-hydroxylation sites is 2. The first-order chi connectivity index (χ1) is 7.24. The van der Waals surface area contributed by atoms with Crippen molar-refractivity contribution >= 4 is 0 Å². The van der Waals surface area contributed by atoms with E-state index in [0.717, 1.165) is 12.2 Å². The van der Waals surface area contributed by atoms with Crippen LogP contribution in [-0.2, 0) is 0 Å². The highest BCUT2D eigenvalue weighted by Crippen LogP contribution is 2.26. The molecule has 3 heteroatoms. The first kappa shape index (κ1) is 11.9. The van der Waals surface area contributed by atoms with Crippen LogP contribution < -0.4 is 9.47 Å². The van der Waals surface area contributed by atoms with Gasteiger partial charge in [-0.3, -0.25) is 0 Å². The number of ether oxygens (including phenoxy) is 2. The highest BCUT2D eigenvalue weighted by molar-refractivity contribution is 5.39. The lowest BCUT2D eigenvalue weighted by Crippen LogP contribution is -2.13. The zero-order valence-electron chi connectivity index (χ0n) is 9.27. The Hall–Kier alpha value is -1.22. The van der Waals surface area contributed by atoms with Crippen molar-refractivity contribution in [3.8, 4) is 11.5 Å². The van der Waals surface area contributed by atoms with E-state index >= 15 is 0 Å². The van der Waals surface area contributed by atoms with Crippen LogP contribution in [-0.4, -0.2) is 24.4 Å². The predicted octanol–water partition coefficient (Wildman–Crippen LogP) is 2.24. The molecule has 15 heavy (non-hydrogen) atoms. The molecule has 1 N–H and O–H groups in total. The first-order valence-electron chi connectivity index (χ1n) is 5.26. The molecule has 0 aliphatic heterocycles. The van der Waals surface area contributed by atoms with Crippen LogP contribution in [0.25, 0.3) is 0 Å². The van der Waals surface area contributed by atoms with Gasteiger partial charge in [0.25, 0.3) is 0 Å². The monoisotopic (exact) mass is 210 g/mol. The molecule has 0 fully saturated rings. The Morgan fingerprint density at radius 1 is 1.20 bits per heavy atom. The normalized spacial score (nSPS) is 12.2. The third kappa shape index (κ3) is 4.21. The van der Waals surface area contributed by atoms with Gasteiger partial charge in [0.15, 0.2) is 11.5 Å². The number of hydrogen-bond donors (Lipinski definition) is 1. The van der Waals surface area contributed by atoms with Gasteiger partial charge in [-0.05, 0) is 25.5 Å². The molecule has 0 bridgehead atoms. The Kier molecular flexibility index (Phi) is 4.98. The van der Waals surface area contributed by atoms with Crippen molar-refractivity contribution in [1.82, 2.24) is 0 Å². The van der Waals surface area contributed by atoms with Gasteiger partial charge in [0.1, 0.15) is 6.61 Å². The third-order valence-corrected chi connectivity index (χ3v) is 1.79. The minimum atomic E-state index is -0.468. The van der Waals surface area contributed by atoms with Crippen molar-refractivity contribution in [3.05, 3.63) is 24.3 Å². The second-order valence-electron chi connectivity index (χ2n) is 3.46. The molecule has 0 aliphatic rings. The molecule has 0 saturated carbocycles. The van der Waals surface area contributed by atoms with Gasteiger partial charge < -0.3 is 14.6 Å². The highest BCUT2D eigenvalue weighted by atomic mass is 16.5. The summed E-state index contributed by atoms with van der Waals surface area (Å²) in [6.07, 6.45) is 0.495. The van der Waals surface area contributed by atoms with Crippen molar-refractivity contribution < 1.29 is 14.6 Å². The van der Waals surface area contributed by atoms with E-state index in [2.05, 4.69) is 6.92 Å². The molecule has 0 unspecified atom stereocenters. The van der Waals surface area contributed by atoms with Crippen LogP contribution in [0, 0.1) is 0 Å². The second-order valence-corrected chi connectivity index (χ2v) is 3.46. The molecule has 1 rings (SSSR count). The molecule has 0 spiro atoms. The van der Waals surface area contributed by atoms with Crippen molar-refractivity contribution in [1.29, 1.82) is 0 Å². The van der Waals surface area contributed by atoms with Crippen LogP contribution in [0.4, 0.5) is 0 Å². The van der Waals surface area contributed by atoms with E-state index < -0.39 is 6.10 Å². The summed E-state index contributed by atoms with van der Waals surface area (Å²) in [5.41, 5.74) is 0. The molecule has 1 aromatic carbocycles. The van der Waals surface area contributed by atoms with Crippen LogP contribution in [0.15, 0.2) is 24.3 Å². The average molecular weight is 210 g/mol. The Labute approximate surface area is 90.6 Å². The van der Waals surface area contributed by atoms with E-state index in [9.17, 15) is 0 Å². The van der Waals surface area contributed by atoms with Gasteiger partial charge in [-0.2, -0.15) is 0 Å². The van der Waals surface area contributed by atoms with Gasteiger partial charge in [-0.25, -0.2) is 0 Å². The van der Waals surface area contributed by atoms with Crippen molar-refractivity contribution in [2.75, 3.05) is 13.2 Å². The van der Waals surface area contributed by atoms with Crippen molar-refractivity contribution in [3.63, 3.8) is 0 Å². The molecule has 1 atom stereocenters. The van der Waals surface area contributed by atoms with E-state index in [1.165, 1.54) is 0 Å². The fraction of sp³-hybridized carbons (Fsp3) is 0.500. The van der Waals surface area contributed by atoms with Crippen molar-refractivity contribution in [2.24, 2.45) is 0 Å². The summed E-state index contributed by atoms with van der Waals surface area (Å²) in [4.78, 5) is 0. The fourth-order valence-electron chi connectivity index (χ4n) is 1.11. The van der Waals surface area contributed by atoms with Gasteiger partial charge in [0.2, 0.25) is 0 Å². The van der Waals surface area contributed by atoms with E-state index in [1.54, 1.807) is 6.92 Å². The molecule has 84 valence electrons. The Balaban J connectivity index is 2.59. The third-order valence-electron chi connectivity index (χ3n) is 1.79. The van der Waals surface area contributed by atoms with Crippen LogP contribution in [0.5, 0.6) is 11.5 Å². The number of aliphatic hydroxyl groups excluding tert-OH is 1. The second kappa shape index (κ2) is 6.30. The molecule has 1 aromatic rings. The topological polar surface area (TPSA) is 38.7 Å². The maximum absolute atomic E-state index is 9.11. The van der Waals surface area contributed by atoms with E-state index in [4.69, 9.17) is 14.6 Å². The Bertz CT molecular complexity index is 284. The summed E-state index contributed by atoms with van der Waals surface area (Å²) in [5, 5.41) is 9.11. The maximum Gasteiger partial charge on any atom is 0.161 e. The summed E-state index contributed by atoms with van der Waals surface area (Å²) >= 11 is 0. The van der Waals surface area contributed by atoms with E-state index in [1.807, 2.05) is 24.3 Å². The quantitative estimate of drug-likeness (QED) is 0.782. The smallest absolute Gasteiger partial charge is 0.161 e. The molecule has 3 nitrogen and oxygen atoms in total. The van der Waals surface area contributed by atoms with E-state index in [-0.39, 0.29) is 6.61 Å². The lowest BCUT2D eigenvalue weighted by Gasteiger charge is -2.12. The molecular formula is C12H18O3. The van der Waals surface area contributed by atoms with Crippen LogP contribution in [0.2, 0.25) is 0 Å². The van der Waals surface area contributed by atoms with E-state index in [0.29, 0.717) is 12.4 Å². The zero-order chi connectivity index (χ0) is 11.1. The van der Waals surface area contributed by atoms with Gasteiger partial charge >= 0.3 is 0 Å². The molecule has 0 heterocycles. The molecule has 0 aromatic heterocycles. The molecule has 0 amide bonds. The highest BCUT2D eigenvalue weighted by Gasteiger charge is 2.04. The van der Waals surface area contributed by atoms with Crippen LogP contribution in [0.1, 0.15) is 20.3 Å². The fourth-order valence-corrected chi connectivity index (χ4v) is 1.11. The summed E-state index contributed by atoms with van der Waals surface area (Å²) in [6.45, 7) is 4.70. The molecule has 0 aliphatic carbocycles. The number of rotatable bonds is 6. The largest absolute Gasteiger partial charge is 0.490 e. The minimum absolute atomic E-state index is 0.284. The first-order valence-corrected chi connectivity index (χ1v) is 5.26. The van der Waals surface area contributed by atoms with Crippen molar-refractivity contribution in [2.45, 2.75) is 26.4 Å². The Morgan fingerprint density at radius 2 is 1.80 bits per heavy atom.